The van der Waals surface area contributed by atoms with Crippen LogP contribution in [0, 0.1) is 0 Å². The van der Waals surface area contributed by atoms with Crippen LogP contribution in [-0.4, -0.2) is 0 Å². The lowest BCUT2D eigenvalue weighted by Gasteiger charge is -1.71. The lowest BCUT2D eigenvalue weighted by atomic mass is 10.4. The minimum Gasteiger partial charge on any atom is -0.0877 e. The summed E-state index contributed by atoms with van der Waals surface area (Å²) in [6.07, 6.45) is 16.0. The molecular formula is C10H14. The SMILES string of the molecule is C\C=C/C=C\C=C/C=C/C. The van der Waals surface area contributed by atoms with Gasteiger partial charge in [-0.3, -0.25) is 0 Å². The molecule has 0 heteroatoms. The molecule has 0 aliphatic carbocycles. The molecule has 10 heavy (non-hydrogen) atoms. The highest BCUT2D eigenvalue weighted by Gasteiger charge is 1.58. The molecule has 0 rings (SSSR count). The van der Waals surface area contributed by atoms with Crippen LogP contribution in [0.25, 0.3) is 0 Å². The van der Waals surface area contributed by atoms with E-state index in [0.717, 1.165) is 0 Å². The molecule has 0 fully saturated rings. The van der Waals surface area contributed by atoms with E-state index in [1.807, 2.05) is 62.5 Å². The molecule has 0 bridgehead atoms. The van der Waals surface area contributed by atoms with E-state index in [2.05, 4.69) is 0 Å². The van der Waals surface area contributed by atoms with E-state index in [-0.39, 0.29) is 0 Å². The Bertz CT molecular complexity index is 137. The normalized spacial score (nSPS) is 13.4. The quantitative estimate of drug-likeness (QED) is 0.520. The summed E-state index contributed by atoms with van der Waals surface area (Å²) in [5, 5.41) is 0. The first-order valence-electron chi connectivity index (χ1n) is 3.49. The standard InChI is InChI=1S/C10H14/c1-3-5-7-9-10-8-6-4-2/h3-10H,1-2H3/b5-3-,6-4+,9-7-,10-8-. The second kappa shape index (κ2) is 7.96. The minimum atomic E-state index is 2.00. The molecule has 0 saturated carbocycles. The summed E-state index contributed by atoms with van der Waals surface area (Å²) in [7, 11) is 0. The fourth-order valence-electron chi connectivity index (χ4n) is 0.479. The Morgan fingerprint density at radius 1 is 0.500 bits per heavy atom. The van der Waals surface area contributed by atoms with Crippen molar-refractivity contribution in [1.29, 1.82) is 0 Å². The van der Waals surface area contributed by atoms with Gasteiger partial charge in [0.25, 0.3) is 0 Å². The van der Waals surface area contributed by atoms with Crippen molar-refractivity contribution in [1.82, 2.24) is 0 Å². The van der Waals surface area contributed by atoms with Gasteiger partial charge in [-0.1, -0.05) is 48.6 Å². The fourth-order valence-corrected chi connectivity index (χ4v) is 0.479. The molecule has 0 N–H and O–H groups in total. The first-order chi connectivity index (χ1) is 4.91. The van der Waals surface area contributed by atoms with Crippen LogP contribution in [0.5, 0.6) is 0 Å². The third-order valence-corrected chi connectivity index (χ3v) is 0.940. The summed E-state index contributed by atoms with van der Waals surface area (Å²) in [6, 6.07) is 0. The van der Waals surface area contributed by atoms with Crippen molar-refractivity contribution in [2.75, 3.05) is 0 Å². The molecule has 0 radical (unpaired) electrons. The van der Waals surface area contributed by atoms with Crippen molar-refractivity contribution in [2.24, 2.45) is 0 Å². The van der Waals surface area contributed by atoms with Gasteiger partial charge in [0, 0.05) is 0 Å². The maximum Gasteiger partial charge on any atom is -0.0467 e. The molecule has 0 nitrogen and oxygen atoms in total. The van der Waals surface area contributed by atoms with Gasteiger partial charge in [-0.15, -0.1) is 0 Å². The molecule has 0 spiro atoms. The lowest BCUT2D eigenvalue weighted by Crippen LogP contribution is -1.49. The Morgan fingerprint density at radius 3 is 1.10 bits per heavy atom. The summed E-state index contributed by atoms with van der Waals surface area (Å²) in [5.74, 6) is 0. The van der Waals surface area contributed by atoms with E-state index in [4.69, 9.17) is 0 Å². The van der Waals surface area contributed by atoms with Crippen molar-refractivity contribution in [3.05, 3.63) is 48.6 Å². The van der Waals surface area contributed by atoms with Crippen LogP contribution in [0.2, 0.25) is 0 Å². The molecule has 54 valence electrons. The van der Waals surface area contributed by atoms with Crippen LogP contribution in [0.15, 0.2) is 48.6 Å². The van der Waals surface area contributed by atoms with Gasteiger partial charge in [-0.25, -0.2) is 0 Å². The maximum absolute atomic E-state index is 2.00. The van der Waals surface area contributed by atoms with Crippen molar-refractivity contribution >= 4 is 0 Å². The fraction of sp³-hybridized carbons (Fsp3) is 0.200. The van der Waals surface area contributed by atoms with Crippen LogP contribution in [0.3, 0.4) is 0 Å². The number of rotatable bonds is 3. The monoisotopic (exact) mass is 134 g/mol. The Balaban J connectivity index is 3.51. The van der Waals surface area contributed by atoms with E-state index in [1.165, 1.54) is 0 Å². The largest absolute Gasteiger partial charge is 0.0877 e. The predicted molar refractivity (Wildman–Crippen MR) is 47.9 cm³/mol. The first kappa shape index (κ1) is 8.96. The number of hydrogen-bond donors (Lipinski definition) is 0. The van der Waals surface area contributed by atoms with Gasteiger partial charge in [0.2, 0.25) is 0 Å². The van der Waals surface area contributed by atoms with Crippen LogP contribution in [0.1, 0.15) is 13.8 Å². The van der Waals surface area contributed by atoms with E-state index < -0.39 is 0 Å². The van der Waals surface area contributed by atoms with Crippen molar-refractivity contribution in [3.63, 3.8) is 0 Å². The number of allylic oxidation sites excluding steroid dienone is 8. The molecule has 0 saturated heterocycles. The van der Waals surface area contributed by atoms with Crippen molar-refractivity contribution in [3.8, 4) is 0 Å². The van der Waals surface area contributed by atoms with Crippen LogP contribution in [-0.2, 0) is 0 Å². The Hall–Kier alpha value is -1.04. The summed E-state index contributed by atoms with van der Waals surface area (Å²) in [5.41, 5.74) is 0. The Labute approximate surface area is 63.3 Å². The van der Waals surface area contributed by atoms with E-state index in [1.54, 1.807) is 0 Å². The van der Waals surface area contributed by atoms with Crippen molar-refractivity contribution < 1.29 is 0 Å². The highest BCUT2D eigenvalue weighted by atomic mass is 13.7. The molecule has 0 aliphatic heterocycles. The summed E-state index contributed by atoms with van der Waals surface area (Å²) in [6.45, 7) is 4.00. The summed E-state index contributed by atoms with van der Waals surface area (Å²) < 4.78 is 0. The maximum atomic E-state index is 2.00. The van der Waals surface area contributed by atoms with E-state index in [9.17, 15) is 0 Å². The topological polar surface area (TPSA) is 0 Å². The second-order valence-corrected chi connectivity index (χ2v) is 1.82. The lowest BCUT2D eigenvalue weighted by molar-refractivity contribution is 1.72. The minimum absolute atomic E-state index is 2.00. The van der Waals surface area contributed by atoms with Crippen LogP contribution >= 0.6 is 0 Å². The molecule has 0 aromatic heterocycles. The molecule has 0 aromatic rings. The first-order valence-corrected chi connectivity index (χ1v) is 3.49. The van der Waals surface area contributed by atoms with E-state index >= 15 is 0 Å². The average Bonchev–Trinajstić information content (AvgIpc) is 1.97. The highest BCUT2D eigenvalue weighted by Crippen LogP contribution is 1.80. The zero-order chi connectivity index (χ0) is 7.66. The van der Waals surface area contributed by atoms with Crippen LogP contribution in [0.4, 0.5) is 0 Å². The third kappa shape index (κ3) is 6.96. The van der Waals surface area contributed by atoms with Gasteiger partial charge in [-0.05, 0) is 13.8 Å². The van der Waals surface area contributed by atoms with Crippen LogP contribution < -0.4 is 0 Å². The van der Waals surface area contributed by atoms with Gasteiger partial charge in [0.15, 0.2) is 0 Å². The zero-order valence-corrected chi connectivity index (χ0v) is 6.62. The second-order valence-electron chi connectivity index (χ2n) is 1.82. The average molecular weight is 134 g/mol. The number of hydrogen-bond acceptors (Lipinski definition) is 0. The zero-order valence-electron chi connectivity index (χ0n) is 6.62. The molecule has 0 unspecified atom stereocenters. The van der Waals surface area contributed by atoms with Crippen molar-refractivity contribution in [2.45, 2.75) is 13.8 Å². The molecule has 0 amide bonds. The van der Waals surface area contributed by atoms with Gasteiger partial charge < -0.3 is 0 Å². The molecule has 0 heterocycles. The predicted octanol–water partition coefficient (Wildman–Crippen LogP) is 3.25. The highest BCUT2D eigenvalue weighted by molar-refractivity contribution is 5.14. The van der Waals surface area contributed by atoms with Gasteiger partial charge >= 0.3 is 0 Å². The smallest absolute Gasteiger partial charge is 0.0467 e. The molecule has 0 atom stereocenters. The Kier molecular flexibility index (Phi) is 7.13. The van der Waals surface area contributed by atoms with Gasteiger partial charge in [0.1, 0.15) is 0 Å². The van der Waals surface area contributed by atoms with Gasteiger partial charge in [0.05, 0.1) is 0 Å². The summed E-state index contributed by atoms with van der Waals surface area (Å²) in [4.78, 5) is 0. The van der Waals surface area contributed by atoms with Gasteiger partial charge in [-0.2, -0.15) is 0 Å². The molecule has 0 aliphatic rings. The van der Waals surface area contributed by atoms with E-state index in [0.29, 0.717) is 0 Å². The molecule has 0 aromatic carbocycles. The molecular weight excluding hydrogens is 120 g/mol. The third-order valence-electron chi connectivity index (χ3n) is 0.940. The Morgan fingerprint density at radius 2 is 0.800 bits per heavy atom. The summed E-state index contributed by atoms with van der Waals surface area (Å²) >= 11 is 0.